The van der Waals surface area contributed by atoms with Crippen molar-refractivity contribution in [3.63, 3.8) is 0 Å². The molecule has 25 heavy (non-hydrogen) atoms. The minimum Gasteiger partial charge on any atom is -0.454 e. The molecule has 126 valence electrons. The van der Waals surface area contributed by atoms with Crippen LogP contribution in [0.3, 0.4) is 0 Å². The van der Waals surface area contributed by atoms with Gasteiger partial charge in [0.05, 0.1) is 5.52 Å². The Morgan fingerprint density at radius 2 is 1.84 bits per heavy atom. The van der Waals surface area contributed by atoms with Crippen molar-refractivity contribution < 1.29 is 9.47 Å². The highest BCUT2D eigenvalue weighted by Gasteiger charge is 2.59. The Balaban J connectivity index is 1.73. The first-order valence-corrected chi connectivity index (χ1v) is 9.16. The summed E-state index contributed by atoms with van der Waals surface area (Å²) in [6.45, 7) is 7.65. The zero-order valence-electron chi connectivity index (χ0n) is 14.8. The first kappa shape index (κ1) is 13.9. The van der Waals surface area contributed by atoms with Gasteiger partial charge in [0.1, 0.15) is 0 Å². The maximum Gasteiger partial charge on any atom is 0.231 e. The summed E-state index contributed by atoms with van der Waals surface area (Å²) in [5, 5.41) is 3.65. The van der Waals surface area contributed by atoms with E-state index >= 15 is 0 Å². The van der Waals surface area contributed by atoms with E-state index in [2.05, 4.69) is 51.2 Å². The largest absolute Gasteiger partial charge is 0.454 e. The van der Waals surface area contributed by atoms with E-state index in [1.807, 2.05) is 0 Å². The van der Waals surface area contributed by atoms with Gasteiger partial charge in [0, 0.05) is 17.0 Å². The Bertz CT molecular complexity index is 1080. The van der Waals surface area contributed by atoms with Crippen molar-refractivity contribution in [2.45, 2.75) is 44.9 Å². The van der Waals surface area contributed by atoms with Gasteiger partial charge in [-0.05, 0) is 58.2 Å². The maximum absolute atomic E-state index is 5.60. The fourth-order valence-corrected chi connectivity index (χ4v) is 5.76. The second-order valence-electron chi connectivity index (χ2n) is 8.62. The van der Waals surface area contributed by atoms with Gasteiger partial charge in [0.2, 0.25) is 6.79 Å². The molecule has 2 heterocycles. The Labute approximate surface area is 147 Å². The van der Waals surface area contributed by atoms with Gasteiger partial charge < -0.3 is 9.47 Å². The summed E-state index contributed by atoms with van der Waals surface area (Å²) in [5.74, 6) is 2.30. The second kappa shape index (κ2) is 4.09. The molecule has 1 aliphatic heterocycles. The van der Waals surface area contributed by atoms with Crippen molar-refractivity contribution in [3.05, 3.63) is 41.6 Å². The molecule has 3 aromatic rings. The molecule has 2 bridgehead atoms. The molecule has 0 radical (unpaired) electrons. The van der Waals surface area contributed by atoms with E-state index in [1.165, 1.54) is 23.8 Å². The van der Waals surface area contributed by atoms with Gasteiger partial charge in [-0.25, -0.2) is 0 Å². The van der Waals surface area contributed by atoms with E-state index in [9.17, 15) is 0 Å². The summed E-state index contributed by atoms with van der Waals surface area (Å²) in [7, 11) is 0. The van der Waals surface area contributed by atoms with Crippen molar-refractivity contribution in [2.24, 2.45) is 5.41 Å². The molecule has 0 N–H and O–H groups in total. The predicted octanol–water partition coefficient (Wildman–Crippen LogP) is 5.29. The summed E-state index contributed by atoms with van der Waals surface area (Å²) < 4.78 is 11.1. The molecule has 1 aromatic heterocycles. The molecule has 3 heteroatoms. The lowest BCUT2D eigenvalue weighted by atomic mass is 9.68. The monoisotopic (exact) mass is 331 g/mol. The molecule has 0 spiro atoms. The molecule has 0 saturated heterocycles. The zero-order valence-corrected chi connectivity index (χ0v) is 14.8. The number of hydrogen-bond acceptors (Lipinski definition) is 3. The number of aromatic nitrogens is 1. The molecule has 3 aliphatic rings. The number of rotatable bonds is 0. The molecule has 2 aliphatic carbocycles. The van der Waals surface area contributed by atoms with Crippen LogP contribution in [0.25, 0.3) is 21.7 Å². The second-order valence-corrected chi connectivity index (χ2v) is 8.62. The van der Waals surface area contributed by atoms with Crippen molar-refractivity contribution in [1.82, 2.24) is 4.98 Å². The van der Waals surface area contributed by atoms with Crippen LogP contribution in [0.15, 0.2) is 30.5 Å². The predicted molar refractivity (Wildman–Crippen MR) is 98.5 cm³/mol. The minimum atomic E-state index is 0.234. The maximum atomic E-state index is 5.60. The molecule has 1 saturated carbocycles. The lowest BCUT2D eigenvalue weighted by Crippen LogP contribution is -2.31. The highest BCUT2D eigenvalue weighted by atomic mass is 16.7. The fourth-order valence-electron chi connectivity index (χ4n) is 5.76. The number of hydrogen-bond donors (Lipinski definition) is 0. The topological polar surface area (TPSA) is 31.4 Å². The van der Waals surface area contributed by atoms with Crippen molar-refractivity contribution in [2.75, 3.05) is 6.79 Å². The quantitative estimate of drug-likeness (QED) is 0.524. The average molecular weight is 331 g/mol. The van der Waals surface area contributed by atoms with Crippen LogP contribution in [-0.2, 0) is 5.41 Å². The van der Waals surface area contributed by atoms with E-state index in [0.29, 0.717) is 18.1 Å². The standard InChI is InChI=1S/C22H21NO2/c1-21(2)16-6-7-22(21,3)19-13-5-4-12-8-17-18(25-11-24-17)9-14(12)20(13)23-10-15(16)19/h4-5,8-10,16H,6-7,11H2,1-3H3/t16-,22+/m1/s1. The van der Waals surface area contributed by atoms with Gasteiger partial charge >= 0.3 is 0 Å². The third kappa shape index (κ3) is 1.43. The van der Waals surface area contributed by atoms with Gasteiger partial charge in [-0.1, -0.05) is 32.9 Å². The van der Waals surface area contributed by atoms with E-state index in [4.69, 9.17) is 14.5 Å². The highest BCUT2D eigenvalue weighted by Crippen LogP contribution is 2.68. The summed E-state index contributed by atoms with van der Waals surface area (Å²) in [6.07, 6.45) is 4.71. The van der Waals surface area contributed by atoms with Crippen LogP contribution in [0.1, 0.15) is 50.7 Å². The van der Waals surface area contributed by atoms with E-state index in [1.54, 1.807) is 5.56 Å². The van der Waals surface area contributed by atoms with Gasteiger partial charge in [-0.2, -0.15) is 0 Å². The van der Waals surface area contributed by atoms with Crippen molar-refractivity contribution in [3.8, 4) is 11.5 Å². The molecular formula is C22H21NO2. The fraction of sp³-hybridized carbons (Fsp3) is 0.409. The van der Waals surface area contributed by atoms with Crippen LogP contribution in [-0.4, -0.2) is 11.8 Å². The third-order valence-electron chi connectivity index (χ3n) is 7.53. The Hall–Kier alpha value is -2.29. The van der Waals surface area contributed by atoms with Gasteiger partial charge in [0.25, 0.3) is 0 Å². The lowest BCUT2D eigenvalue weighted by molar-refractivity contribution is 0.174. The normalized spacial score (nSPS) is 28.0. The van der Waals surface area contributed by atoms with E-state index < -0.39 is 0 Å². The number of benzene rings is 2. The van der Waals surface area contributed by atoms with Gasteiger partial charge in [-0.15, -0.1) is 0 Å². The smallest absolute Gasteiger partial charge is 0.231 e. The minimum absolute atomic E-state index is 0.234. The van der Waals surface area contributed by atoms with Gasteiger partial charge in [0.15, 0.2) is 11.5 Å². The Kier molecular flexibility index (Phi) is 2.28. The van der Waals surface area contributed by atoms with Crippen molar-refractivity contribution >= 4 is 21.7 Å². The first-order valence-electron chi connectivity index (χ1n) is 9.16. The third-order valence-corrected chi connectivity index (χ3v) is 7.53. The molecule has 6 rings (SSSR count). The van der Waals surface area contributed by atoms with Crippen LogP contribution in [0, 0.1) is 5.41 Å². The average Bonchev–Trinajstić information content (AvgIpc) is 3.19. The molecule has 0 amide bonds. The van der Waals surface area contributed by atoms with Crippen LogP contribution < -0.4 is 9.47 Å². The molecule has 1 fully saturated rings. The van der Waals surface area contributed by atoms with Crippen molar-refractivity contribution in [1.29, 1.82) is 0 Å². The summed E-state index contributed by atoms with van der Waals surface area (Å²) in [5.41, 5.74) is 4.65. The van der Waals surface area contributed by atoms with Gasteiger partial charge in [-0.3, -0.25) is 4.98 Å². The molecule has 0 unspecified atom stereocenters. The summed E-state index contributed by atoms with van der Waals surface area (Å²) in [6, 6.07) is 8.65. The van der Waals surface area contributed by atoms with Crippen LogP contribution >= 0.6 is 0 Å². The molecule has 2 aromatic carbocycles. The van der Waals surface area contributed by atoms with E-state index in [0.717, 1.165) is 27.8 Å². The zero-order chi connectivity index (χ0) is 17.0. The van der Waals surface area contributed by atoms with E-state index in [-0.39, 0.29) is 5.41 Å². The SMILES string of the molecule is CC1(C)[C@@H]2CC[C@@]1(C)c1c2cnc2c1ccc1cc3c(cc12)OCO3. The molecular weight excluding hydrogens is 310 g/mol. The highest BCUT2D eigenvalue weighted by molar-refractivity contribution is 6.08. The Morgan fingerprint density at radius 1 is 1.04 bits per heavy atom. The van der Waals surface area contributed by atoms with Crippen LogP contribution in [0.4, 0.5) is 0 Å². The first-order chi connectivity index (χ1) is 12.0. The van der Waals surface area contributed by atoms with Crippen LogP contribution in [0.2, 0.25) is 0 Å². The summed E-state index contributed by atoms with van der Waals surface area (Å²) in [4.78, 5) is 4.93. The molecule has 2 atom stereocenters. The lowest BCUT2D eigenvalue weighted by Gasteiger charge is -2.35. The summed E-state index contributed by atoms with van der Waals surface area (Å²) >= 11 is 0. The number of pyridine rings is 1. The number of nitrogens with zero attached hydrogens (tertiary/aromatic N) is 1. The number of ether oxygens (including phenoxy) is 2. The Morgan fingerprint density at radius 3 is 2.68 bits per heavy atom. The number of fused-ring (bicyclic) bond motifs is 10. The molecule has 3 nitrogen and oxygen atoms in total. The van der Waals surface area contributed by atoms with Crippen LogP contribution in [0.5, 0.6) is 11.5 Å².